The molecule has 0 radical (unpaired) electrons. The first-order valence-electron chi connectivity index (χ1n) is 8.82. The van der Waals surface area contributed by atoms with Gasteiger partial charge in [-0.15, -0.1) is 0 Å². The molecule has 146 valence electrons. The number of amides is 1. The Morgan fingerprint density at radius 3 is 2.71 bits per heavy atom. The molecule has 1 heterocycles. The van der Waals surface area contributed by atoms with Crippen molar-refractivity contribution >= 4 is 17.5 Å². The number of fused-ring (bicyclic) bond motifs is 1. The van der Waals surface area contributed by atoms with Crippen molar-refractivity contribution in [2.24, 2.45) is 5.73 Å². The topological polar surface area (TPSA) is 109 Å². The summed E-state index contributed by atoms with van der Waals surface area (Å²) in [4.78, 5) is 25.7. The molecule has 0 spiro atoms. The Morgan fingerprint density at radius 2 is 2.07 bits per heavy atom. The summed E-state index contributed by atoms with van der Waals surface area (Å²) in [6, 6.07) is 6.96. The number of halogens is 1. The first kappa shape index (κ1) is 19.5. The molecule has 7 nitrogen and oxygen atoms in total. The summed E-state index contributed by atoms with van der Waals surface area (Å²) in [6.45, 7) is 2.41. The highest BCUT2D eigenvalue weighted by atomic mass is 19.1. The highest BCUT2D eigenvalue weighted by molar-refractivity contribution is 6.05. The number of carbonyl (C=O) groups excluding carboxylic acids is 2. The van der Waals surface area contributed by atoms with Crippen LogP contribution in [0.25, 0.3) is 0 Å². The number of nitrogens with zero attached hydrogens (tertiary/aromatic N) is 1. The number of carbonyl (C=O) groups is 2. The predicted octanol–water partition coefficient (Wildman–Crippen LogP) is 1.51. The molecule has 1 unspecified atom stereocenters. The monoisotopic (exact) mass is 384 g/mol. The fourth-order valence-electron chi connectivity index (χ4n) is 3.01. The zero-order valence-electron chi connectivity index (χ0n) is 15.4. The van der Waals surface area contributed by atoms with Crippen molar-refractivity contribution in [3.05, 3.63) is 70.7 Å². The van der Waals surface area contributed by atoms with Gasteiger partial charge in [0.15, 0.2) is 5.83 Å². The molecule has 1 aliphatic carbocycles. The van der Waals surface area contributed by atoms with Crippen LogP contribution in [0.5, 0.6) is 0 Å². The minimum Gasteiger partial charge on any atom is -0.384 e. The maximum atomic E-state index is 14.1. The Balaban J connectivity index is 1.68. The molecule has 3 rings (SSSR count). The second kappa shape index (κ2) is 8.18. The summed E-state index contributed by atoms with van der Waals surface area (Å²) in [6.07, 6.45) is 3.40. The number of nitrogens with one attached hydrogen (secondary N) is 2. The van der Waals surface area contributed by atoms with Crippen LogP contribution in [0.4, 0.5) is 4.39 Å². The van der Waals surface area contributed by atoms with Crippen LogP contribution in [0.1, 0.15) is 18.1 Å². The van der Waals surface area contributed by atoms with E-state index in [9.17, 15) is 14.0 Å². The average molecular weight is 384 g/mol. The third-order valence-electron chi connectivity index (χ3n) is 4.47. The number of ketones is 1. The summed E-state index contributed by atoms with van der Waals surface area (Å²) in [7, 11) is 0. The minimum atomic E-state index is -0.941. The van der Waals surface area contributed by atoms with E-state index in [2.05, 4.69) is 5.32 Å². The SMILES string of the molecule is CCOC(C(=O)NCc1ccc(C(=N)N)cc1)N1C=C2C=CC(=O)C(F)=C2C1. The first-order valence-corrected chi connectivity index (χ1v) is 8.82. The summed E-state index contributed by atoms with van der Waals surface area (Å²) in [5.74, 6) is -1.85. The Kier molecular flexibility index (Phi) is 5.70. The van der Waals surface area contributed by atoms with Gasteiger partial charge in [-0.25, -0.2) is 4.39 Å². The number of amidine groups is 1. The first-order chi connectivity index (χ1) is 13.4. The van der Waals surface area contributed by atoms with E-state index < -0.39 is 17.8 Å². The molecule has 2 aliphatic rings. The predicted molar refractivity (Wildman–Crippen MR) is 102 cm³/mol. The van der Waals surface area contributed by atoms with Crippen molar-refractivity contribution in [3.8, 4) is 0 Å². The van der Waals surface area contributed by atoms with Crippen molar-refractivity contribution in [1.29, 1.82) is 5.41 Å². The van der Waals surface area contributed by atoms with Gasteiger partial charge in [-0.2, -0.15) is 0 Å². The number of allylic oxidation sites excluding steroid dienone is 3. The third kappa shape index (κ3) is 4.01. The summed E-state index contributed by atoms with van der Waals surface area (Å²) < 4.78 is 19.6. The van der Waals surface area contributed by atoms with Gasteiger partial charge in [-0.1, -0.05) is 24.3 Å². The van der Waals surface area contributed by atoms with E-state index in [0.29, 0.717) is 17.7 Å². The molecule has 1 aromatic rings. The minimum absolute atomic E-state index is 0.0235. The van der Waals surface area contributed by atoms with Gasteiger partial charge in [0, 0.05) is 37.0 Å². The van der Waals surface area contributed by atoms with E-state index in [-0.39, 0.29) is 30.4 Å². The van der Waals surface area contributed by atoms with Crippen LogP contribution in [0.3, 0.4) is 0 Å². The van der Waals surface area contributed by atoms with Crippen molar-refractivity contribution in [1.82, 2.24) is 10.2 Å². The molecule has 0 aromatic heterocycles. The lowest BCUT2D eigenvalue weighted by Crippen LogP contribution is -2.45. The van der Waals surface area contributed by atoms with E-state index in [1.165, 1.54) is 12.2 Å². The van der Waals surface area contributed by atoms with Gasteiger partial charge < -0.3 is 20.7 Å². The molecule has 4 N–H and O–H groups in total. The van der Waals surface area contributed by atoms with E-state index >= 15 is 0 Å². The molecule has 8 heteroatoms. The third-order valence-corrected chi connectivity index (χ3v) is 4.47. The Morgan fingerprint density at radius 1 is 1.36 bits per heavy atom. The summed E-state index contributed by atoms with van der Waals surface area (Å²) in [5, 5.41) is 10.2. The molecule has 28 heavy (non-hydrogen) atoms. The fourth-order valence-corrected chi connectivity index (χ4v) is 3.01. The molecule has 1 aliphatic heterocycles. The number of rotatable bonds is 7. The fraction of sp³-hybridized carbons (Fsp3) is 0.250. The van der Waals surface area contributed by atoms with Crippen LogP contribution in [0, 0.1) is 5.41 Å². The van der Waals surface area contributed by atoms with Crippen molar-refractivity contribution < 1.29 is 18.7 Å². The lowest BCUT2D eigenvalue weighted by molar-refractivity contribution is -0.142. The van der Waals surface area contributed by atoms with E-state index in [1.54, 1.807) is 42.3 Å². The molecule has 1 atom stereocenters. The second-order valence-corrected chi connectivity index (χ2v) is 6.38. The Labute approximate surface area is 161 Å². The summed E-state index contributed by atoms with van der Waals surface area (Å²) in [5.41, 5.74) is 7.70. The molecule has 0 fully saturated rings. The van der Waals surface area contributed by atoms with Gasteiger partial charge in [-0.3, -0.25) is 15.0 Å². The maximum Gasteiger partial charge on any atom is 0.270 e. The molecule has 1 amide bonds. The normalized spacial score (nSPS) is 16.7. The van der Waals surface area contributed by atoms with Crippen LogP contribution in [0.2, 0.25) is 0 Å². The summed E-state index contributed by atoms with van der Waals surface area (Å²) >= 11 is 0. The lowest BCUT2D eigenvalue weighted by Gasteiger charge is -2.26. The molecular weight excluding hydrogens is 363 g/mol. The number of benzene rings is 1. The highest BCUT2D eigenvalue weighted by Gasteiger charge is 2.33. The standard InChI is InChI=1S/C20H21FN4O3/c1-2-28-20(25-10-14-7-8-16(26)17(21)15(14)11-25)19(27)24-9-12-3-5-13(6-4-12)18(22)23/h3-8,10,20H,2,9,11H2,1H3,(H3,22,23)(H,24,27). The van der Waals surface area contributed by atoms with Gasteiger partial charge in [0.05, 0.1) is 0 Å². The van der Waals surface area contributed by atoms with E-state index in [4.69, 9.17) is 15.9 Å². The zero-order chi connectivity index (χ0) is 20.3. The molecule has 0 saturated carbocycles. The highest BCUT2D eigenvalue weighted by Crippen LogP contribution is 2.31. The van der Waals surface area contributed by atoms with Gasteiger partial charge in [0.2, 0.25) is 12.0 Å². The van der Waals surface area contributed by atoms with E-state index in [1.807, 2.05) is 0 Å². The zero-order valence-corrected chi connectivity index (χ0v) is 15.4. The largest absolute Gasteiger partial charge is 0.384 e. The Bertz CT molecular complexity index is 903. The average Bonchev–Trinajstić information content (AvgIpc) is 3.12. The van der Waals surface area contributed by atoms with Crippen LogP contribution >= 0.6 is 0 Å². The molecule has 1 aromatic carbocycles. The molecule has 0 saturated heterocycles. The molecular formula is C20H21FN4O3. The van der Waals surface area contributed by atoms with Crippen LogP contribution in [-0.2, 0) is 20.9 Å². The number of hydrogen-bond acceptors (Lipinski definition) is 5. The van der Waals surface area contributed by atoms with Crippen molar-refractivity contribution in [2.45, 2.75) is 19.7 Å². The number of nitrogen functional groups attached to an aromatic ring is 1. The maximum absolute atomic E-state index is 14.1. The van der Waals surface area contributed by atoms with Crippen molar-refractivity contribution in [3.63, 3.8) is 0 Å². The van der Waals surface area contributed by atoms with Crippen molar-refractivity contribution in [2.75, 3.05) is 13.2 Å². The van der Waals surface area contributed by atoms with Crippen LogP contribution in [-0.4, -0.2) is 41.8 Å². The quantitative estimate of drug-likeness (QED) is 0.488. The number of nitrogens with two attached hydrogens (primary N) is 1. The lowest BCUT2D eigenvalue weighted by atomic mass is 10.0. The number of ether oxygens (including phenoxy) is 1. The van der Waals surface area contributed by atoms with Crippen LogP contribution in [0.15, 0.2) is 59.6 Å². The Hall–Kier alpha value is -3.26. The van der Waals surface area contributed by atoms with Gasteiger partial charge in [0.1, 0.15) is 5.84 Å². The van der Waals surface area contributed by atoms with E-state index in [0.717, 1.165) is 5.56 Å². The number of hydrogen-bond donors (Lipinski definition) is 3. The second-order valence-electron chi connectivity index (χ2n) is 6.38. The molecule has 0 bridgehead atoms. The van der Waals surface area contributed by atoms with Gasteiger partial charge >= 0.3 is 0 Å². The van der Waals surface area contributed by atoms with Gasteiger partial charge in [-0.05, 0) is 30.2 Å². The van der Waals surface area contributed by atoms with Crippen LogP contribution < -0.4 is 11.1 Å². The van der Waals surface area contributed by atoms with Gasteiger partial charge in [0.25, 0.3) is 5.91 Å². The smallest absolute Gasteiger partial charge is 0.270 e.